The Balaban J connectivity index is 2.17. The summed E-state index contributed by atoms with van der Waals surface area (Å²) in [6.45, 7) is 3.92. The fourth-order valence-electron chi connectivity index (χ4n) is 1.98. The minimum absolute atomic E-state index is 0.0370. The van der Waals surface area contributed by atoms with Crippen molar-refractivity contribution in [1.29, 1.82) is 0 Å². The number of carbonyl (C=O) groups excluding carboxylic acids is 2. The summed E-state index contributed by atoms with van der Waals surface area (Å²) in [5.41, 5.74) is 1.01. The number of hydrogen-bond acceptors (Lipinski definition) is 2. The molecule has 0 radical (unpaired) electrons. The molecule has 18 heavy (non-hydrogen) atoms. The van der Waals surface area contributed by atoms with Crippen LogP contribution >= 0.6 is 15.9 Å². The summed E-state index contributed by atoms with van der Waals surface area (Å²) in [5.74, 6) is -0.135. The largest absolute Gasteiger partial charge is 0.343 e. The lowest BCUT2D eigenvalue weighted by Gasteiger charge is -2.36. The molecule has 1 aliphatic heterocycles. The van der Waals surface area contributed by atoms with Crippen LogP contribution in [-0.2, 0) is 16.1 Å². The van der Waals surface area contributed by atoms with E-state index in [1.807, 2.05) is 24.3 Å². The van der Waals surface area contributed by atoms with Gasteiger partial charge in [-0.25, -0.2) is 0 Å². The van der Waals surface area contributed by atoms with Crippen LogP contribution in [0.4, 0.5) is 0 Å². The van der Waals surface area contributed by atoms with Gasteiger partial charge in [-0.15, -0.1) is 0 Å². The molecule has 0 aliphatic carbocycles. The van der Waals surface area contributed by atoms with Crippen LogP contribution in [-0.4, -0.2) is 28.8 Å². The van der Waals surface area contributed by atoms with Gasteiger partial charge in [0.1, 0.15) is 12.1 Å². The van der Waals surface area contributed by atoms with Crippen LogP contribution in [0.25, 0.3) is 0 Å². The highest BCUT2D eigenvalue weighted by Crippen LogP contribution is 2.16. The van der Waals surface area contributed by atoms with E-state index in [0.717, 1.165) is 10.0 Å². The topological polar surface area (TPSA) is 49.4 Å². The number of nitrogens with zero attached hydrogens (tertiary/aromatic N) is 1. The first-order chi connectivity index (χ1) is 8.49. The van der Waals surface area contributed by atoms with E-state index in [2.05, 4.69) is 21.2 Å². The van der Waals surface area contributed by atoms with Crippen LogP contribution < -0.4 is 5.32 Å². The first-order valence-electron chi connectivity index (χ1n) is 5.84. The molecule has 0 bridgehead atoms. The van der Waals surface area contributed by atoms with Crippen molar-refractivity contribution in [2.24, 2.45) is 0 Å². The van der Waals surface area contributed by atoms with Crippen molar-refractivity contribution in [2.45, 2.75) is 32.5 Å². The van der Waals surface area contributed by atoms with Gasteiger partial charge in [-0.1, -0.05) is 28.1 Å². The molecule has 1 saturated heterocycles. The zero-order valence-electron chi connectivity index (χ0n) is 10.3. The second kappa shape index (κ2) is 5.10. The third kappa shape index (κ3) is 2.56. The molecule has 1 aromatic carbocycles. The van der Waals surface area contributed by atoms with E-state index < -0.39 is 12.1 Å². The van der Waals surface area contributed by atoms with Crippen LogP contribution in [0.15, 0.2) is 28.7 Å². The summed E-state index contributed by atoms with van der Waals surface area (Å²) in [7, 11) is 0. The Bertz CT molecular complexity index is 472. The van der Waals surface area contributed by atoms with Crippen molar-refractivity contribution < 1.29 is 9.59 Å². The minimum atomic E-state index is -0.441. The van der Waals surface area contributed by atoms with E-state index in [4.69, 9.17) is 0 Å². The molecule has 96 valence electrons. The molecule has 4 nitrogen and oxygen atoms in total. The maximum Gasteiger partial charge on any atom is 0.245 e. The number of hydrogen-bond donors (Lipinski definition) is 1. The summed E-state index contributed by atoms with van der Waals surface area (Å²) in [6, 6.07) is 6.89. The molecule has 2 amide bonds. The molecule has 1 aliphatic rings. The van der Waals surface area contributed by atoms with Gasteiger partial charge in [0.15, 0.2) is 0 Å². The number of amides is 2. The van der Waals surface area contributed by atoms with Gasteiger partial charge in [0.2, 0.25) is 11.8 Å². The Labute approximate surface area is 114 Å². The molecule has 2 unspecified atom stereocenters. The number of benzene rings is 1. The molecule has 1 aromatic rings. The maximum absolute atomic E-state index is 12.1. The number of halogens is 1. The zero-order valence-corrected chi connectivity index (χ0v) is 11.9. The Morgan fingerprint density at radius 1 is 1.22 bits per heavy atom. The molecule has 1 fully saturated rings. The predicted octanol–water partition coefficient (Wildman–Crippen LogP) is 1.68. The molecule has 5 heteroatoms. The molecule has 0 aromatic heterocycles. The lowest BCUT2D eigenvalue weighted by atomic mass is 10.1. The first-order valence-corrected chi connectivity index (χ1v) is 6.63. The van der Waals surface area contributed by atoms with Crippen molar-refractivity contribution in [2.75, 3.05) is 0 Å². The number of rotatable bonds is 2. The maximum atomic E-state index is 12.1. The van der Waals surface area contributed by atoms with E-state index in [1.54, 1.807) is 18.7 Å². The highest BCUT2D eigenvalue weighted by molar-refractivity contribution is 9.10. The van der Waals surface area contributed by atoms with E-state index in [1.165, 1.54) is 0 Å². The minimum Gasteiger partial charge on any atom is -0.343 e. The van der Waals surface area contributed by atoms with Gasteiger partial charge in [0.25, 0.3) is 0 Å². The standard InChI is InChI=1S/C13H15BrN2O2/c1-8-13(18)16(9(2)12(17)15-8)7-10-3-5-11(14)6-4-10/h3-6,8-9H,7H2,1-2H3,(H,15,17). The summed E-state index contributed by atoms with van der Waals surface area (Å²) in [6.07, 6.45) is 0. The van der Waals surface area contributed by atoms with Gasteiger partial charge in [-0.2, -0.15) is 0 Å². The molecular weight excluding hydrogens is 296 g/mol. The van der Waals surface area contributed by atoms with Crippen LogP contribution in [0.5, 0.6) is 0 Å². The van der Waals surface area contributed by atoms with Gasteiger partial charge in [-0.05, 0) is 31.5 Å². The van der Waals surface area contributed by atoms with Gasteiger partial charge in [0.05, 0.1) is 0 Å². The highest BCUT2D eigenvalue weighted by atomic mass is 79.9. The molecule has 0 spiro atoms. The first kappa shape index (κ1) is 13.1. The van der Waals surface area contributed by atoms with E-state index in [0.29, 0.717) is 6.54 Å². The lowest BCUT2D eigenvalue weighted by molar-refractivity contribution is -0.148. The molecular formula is C13H15BrN2O2. The quantitative estimate of drug-likeness (QED) is 0.903. The molecule has 2 atom stereocenters. The molecule has 0 saturated carbocycles. The second-order valence-electron chi connectivity index (χ2n) is 4.50. The van der Waals surface area contributed by atoms with Crippen molar-refractivity contribution in [1.82, 2.24) is 10.2 Å². The molecule has 1 heterocycles. The third-order valence-corrected chi connectivity index (χ3v) is 3.65. The van der Waals surface area contributed by atoms with E-state index >= 15 is 0 Å². The average molecular weight is 311 g/mol. The van der Waals surface area contributed by atoms with Crippen LogP contribution in [0, 0.1) is 0 Å². The zero-order chi connectivity index (χ0) is 13.3. The summed E-state index contributed by atoms with van der Waals surface area (Å²) >= 11 is 3.37. The van der Waals surface area contributed by atoms with Gasteiger partial charge >= 0.3 is 0 Å². The van der Waals surface area contributed by atoms with Crippen molar-refractivity contribution >= 4 is 27.7 Å². The fraction of sp³-hybridized carbons (Fsp3) is 0.385. The van der Waals surface area contributed by atoms with Crippen LogP contribution in [0.3, 0.4) is 0 Å². The Kier molecular flexibility index (Phi) is 3.71. The Morgan fingerprint density at radius 2 is 1.83 bits per heavy atom. The fourth-order valence-corrected chi connectivity index (χ4v) is 2.24. The summed E-state index contributed by atoms with van der Waals surface area (Å²) < 4.78 is 0.996. The van der Waals surface area contributed by atoms with Gasteiger partial charge < -0.3 is 10.2 Å². The Hall–Kier alpha value is -1.36. The van der Waals surface area contributed by atoms with Crippen LogP contribution in [0.1, 0.15) is 19.4 Å². The monoisotopic (exact) mass is 310 g/mol. The second-order valence-corrected chi connectivity index (χ2v) is 5.41. The van der Waals surface area contributed by atoms with Crippen molar-refractivity contribution in [3.05, 3.63) is 34.3 Å². The van der Waals surface area contributed by atoms with Gasteiger partial charge in [-0.3, -0.25) is 9.59 Å². The van der Waals surface area contributed by atoms with E-state index in [-0.39, 0.29) is 11.8 Å². The normalized spacial score (nSPS) is 24.1. The van der Waals surface area contributed by atoms with Crippen molar-refractivity contribution in [3.8, 4) is 0 Å². The van der Waals surface area contributed by atoms with Crippen LogP contribution in [0.2, 0.25) is 0 Å². The SMILES string of the molecule is CC1NC(=O)C(C)N(Cc2ccc(Br)cc2)C1=O. The van der Waals surface area contributed by atoms with Gasteiger partial charge in [0, 0.05) is 11.0 Å². The Morgan fingerprint density at radius 3 is 2.44 bits per heavy atom. The summed E-state index contributed by atoms with van der Waals surface area (Å²) in [4.78, 5) is 25.4. The molecule has 1 N–H and O–H groups in total. The predicted molar refractivity (Wildman–Crippen MR) is 71.8 cm³/mol. The molecule has 2 rings (SSSR count). The number of nitrogens with one attached hydrogen (secondary N) is 1. The average Bonchev–Trinajstić information content (AvgIpc) is 2.34. The highest BCUT2D eigenvalue weighted by Gasteiger charge is 2.35. The summed E-state index contributed by atoms with van der Waals surface area (Å²) in [5, 5.41) is 2.67. The number of piperazine rings is 1. The third-order valence-electron chi connectivity index (χ3n) is 3.13. The lowest BCUT2D eigenvalue weighted by Crippen LogP contribution is -2.60. The number of carbonyl (C=O) groups is 2. The van der Waals surface area contributed by atoms with Crippen molar-refractivity contribution in [3.63, 3.8) is 0 Å². The smallest absolute Gasteiger partial charge is 0.245 e. The van der Waals surface area contributed by atoms with E-state index in [9.17, 15) is 9.59 Å².